The van der Waals surface area contributed by atoms with Gasteiger partial charge in [0.05, 0.1) is 11.7 Å². The molecule has 1 unspecified atom stereocenters. The standard InChI is InChI=1S/C14H18F2N4/c1-8-4-11(13(16)7-12(8)15)14(18-17)6-10-5-9(2)19-20(10)3/h4-5,7,14,18H,6,17H2,1-3H3. The van der Waals surface area contributed by atoms with Crippen LogP contribution < -0.4 is 11.3 Å². The Labute approximate surface area is 116 Å². The fraction of sp³-hybridized carbons (Fsp3) is 0.357. The van der Waals surface area contributed by atoms with Crippen molar-refractivity contribution < 1.29 is 8.78 Å². The van der Waals surface area contributed by atoms with E-state index in [-0.39, 0.29) is 0 Å². The zero-order valence-corrected chi connectivity index (χ0v) is 11.7. The molecule has 1 aromatic heterocycles. The normalized spacial score (nSPS) is 12.7. The maximum absolute atomic E-state index is 13.9. The minimum Gasteiger partial charge on any atom is -0.272 e. The highest BCUT2D eigenvalue weighted by atomic mass is 19.1. The first kappa shape index (κ1) is 14.6. The monoisotopic (exact) mass is 280 g/mol. The average molecular weight is 280 g/mol. The highest BCUT2D eigenvalue weighted by Crippen LogP contribution is 2.23. The topological polar surface area (TPSA) is 55.9 Å². The summed E-state index contributed by atoms with van der Waals surface area (Å²) in [6, 6.07) is 3.85. The third kappa shape index (κ3) is 2.86. The van der Waals surface area contributed by atoms with Crippen LogP contribution in [-0.4, -0.2) is 9.78 Å². The van der Waals surface area contributed by atoms with Crippen LogP contribution in [0.1, 0.15) is 28.6 Å². The van der Waals surface area contributed by atoms with E-state index in [1.54, 1.807) is 11.6 Å². The third-order valence-electron chi connectivity index (χ3n) is 3.37. The maximum atomic E-state index is 13.9. The molecule has 1 heterocycles. The van der Waals surface area contributed by atoms with Gasteiger partial charge in [-0.2, -0.15) is 5.10 Å². The van der Waals surface area contributed by atoms with Gasteiger partial charge in [0.2, 0.25) is 0 Å². The largest absolute Gasteiger partial charge is 0.272 e. The molecule has 1 atom stereocenters. The van der Waals surface area contributed by atoms with Gasteiger partial charge in [-0.05, 0) is 31.5 Å². The van der Waals surface area contributed by atoms with Crippen LogP contribution in [-0.2, 0) is 13.5 Å². The van der Waals surface area contributed by atoms with Gasteiger partial charge in [-0.15, -0.1) is 0 Å². The van der Waals surface area contributed by atoms with Gasteiger partial charge in [-0.1, -0.05) is 0 Å². The number of aromatic nitrogens is 2. The smallest absolute Gasteiger partial charge is 0.130 e. The molecule has 0 fully saturated rings. The van der Waals surface area contributed by atoms with Crippen LogP contribution in [0.4, 0.5) is 8.78 Å². The number of hydrazine groups is 1. The Morgan fingerprint density at radius 1 is 1.25 bits per heavy atom. The van der Waals surface area contributed by atoms with Crippen molar-refractivity contribution in [2.75, 3.05) is 0 Å². The van der Waals surface area contributed by atoms with Crippen molar-refractivity contribution in [3.05, 3.63) is 52.3 Å². The molecule has 2 aromatic rings. The number of rotatable bonds is 4. The van der Waals surface area contributed by atoms with Crippen LogP contribution >= 0.6 is 0 Å². The fourth-order valence-corrected chi connectivity index (χ4v) is 2.27. The summed E-state index contributed by atoms with van der Waals surface area (Å²) in [4.78, 5) is 0. The maximum Gasteiger partial charge on any atom is 0.130 e. The summed E-state index contributed by atoms with van der Waals surface area (Å²) >= 11 is 0. The van der Waals surface area contributed by atoms with Gasteiger partial charge < -0.3 is 0 Å². The minimum atomic E-state index is -0.602. The van der Waals surface area contributed by atoms with Crippen LogP contribution in [0.15, 0.2) is 18.2 Å². The average Bonchev–Trinajstić information content (AvgIpc) is 2.69. The molecule has 0 aliphatic carbocycles. The number of hydrogen-bond acceptors (Lipinski definition) is 3. The molecule has 108 valence electrons. The lowest BCUT2D eigenvalue weighted by atomic mass is 9.99. The summed E-state index contributed by atoms with van der Waals surface area (Å²) in [5.41, 5.74) is 5.14. The van der Waals surface area contributed by atoms with Crippen LogP contribution in [0, 0.1) is 25.5 Å². The molecule has 6 heteroatoms. The first-order chi connectivity index (χ1) is 9.42. The zero-order chi connectivity index (χ0) is 14.9. The molecule has 0 saturated carbocycles. The summed E-state index contributed by atoms with van der Waals surface area (Å²) in [5.74, 6) is 4.37. The van der Waals surface area contributed by atoms with E-state index in [1.807, 2.05) is 20.0 Å². The van der Waals surface area contributed by atoms with Crippen molar-refractivity contribution in [2.45, 2.75) is 26.3 Å². The van der Waals surface area contributed by atoms with Crippen molar-refractivity contribution in [2.24, 2.45) is 12.9 Å². The molecule has 4 nitrogen and oxygen atoms in total. The number of hydrogen-bond donors (Lipinski definition) is 2. The second-order valence-electron chi connectivity index (χ2n) is 4.95. The summed E-state index contributed by atoms with van der Waals surface area (Å²) in [6.45, 7) is 3.48. The summed E-state index contributed by atoms with van der Waals surface area (Å²) < 4.78 is 29.0. The molecular formula is C14H18F2N4. The fourth-order valence-electron chi connectivity index (χ4n) is 2.27. The van der Waals surface area contributed by atoms with Gasteiger partial charge in [0.25, 0.3) is 0 Å². The third-order valence-corrected chi connectivity index (χ3v) is 3.37. The van der Waals surface area contributed by atoms with Gasteiger partial charge in [0.1, 0.15) is 11.6 Å². The summed E-state index contributed by atoms with van der Waals surface area (Å²) in [5, 5.41) is 4.24. The highest BCUT2D eigenvalue weighted by Gasteiger charge is 2.18. The van der Waals surface area contributed by atoms with Crippen LogP contribution in [0.25, 0.3) is 0 Å². The van der Waals surface area contributed by atoms with Crippen molar-refractivity contribution in [1.82, 2.24) is 15.2 Å². The Morgan fingerprint density at radius 3 is 2.50 bits per heavy atom. The lowest BCUT2D eigenvalue weighted by Gasteiger charge is -2.18. The van der Waals surface area contributed by atoms with Gasteiger partial charge in [0, 0.05) is 30.8 Å². The number of nitrogens with one attached hydrogen (secondary N) is 1. The first-order valence-corrected chi connectivity index (χ1v) is 6.33. The molecule has 0 amide bonds. The Bertz CT molecular complexity index is 622. The van der Waals surface area contributed by atoms with Gasteiger partial charge in [0.15, 0.2) is 0 Å². The molecular weight excluding hydrogens is 262 g/mol. The molecule has 0 spiro atoms. The summed E-state index contributed by atoms with van der Waals surface area (Å²) in [7, 11) is 1.82. The Balaban J connectivity index is 2.33. The van der Waals surface area contributed by atoms with E-state index in [4.69, 9.17) is 5.84 Å². The molecule has 20 heavy (non-hydrogen) atoms. The van der Waals surface area contributed by atoms with Crippen molar-refractivity contribution >= 4 is 0 Å². The Kier molecular flexibility index (Phi) is 4.15. The van der Waals surface area contributed by atoms with Crippen molar-refractivity contribution in [3.63, 3.8) is 0 Å². The predicted molar refractivity (Wildman–Crippen MR) is 72.8 cm³/mol. The van der Waals surface area contributed by atoms with Crippen molar-refractivity contribution in [3.8, 4) is 0 Å². The molecule has 1 aromatic carbocycles. The van der Waals surface area contributed by atoms with E-state index in [9.17, 15) is 8.78 Å². The lowest BCUT2D eigenvalue weighted by Crippen LogP contribution is -2.31. The number of nitrogens with zero attached hydrogens (tertiary/aromatic N) is 2. The Morgan fingerprint density at radius 2 is 1.95 bits per heavy atom. The van der Waals surface area contributed by atoms with E-state index in [1.165, 1.54) is 6.07 Å². The SMILES string of the molecule is Cc1cc(CC(NN)c2cc(C)c(F)cc2F)n(C)n1. The van der Waals surface area contributed by atoms with Crippen molar-refractivity contribution in [1.29, 1.82) is 0 Å². The number of halogens is 2. The molecule has 0 aliphatic heterocycles. The second-order valence-corrected chi connectivity index (χ2v) is 4.95. The molecule has 0 radical (unpaired) electrons. The Hall–Kier alpha value is -1.79. The van der Waals surface area contributed by atoms with E-state index < -0.39 is 17.7 Å². The molecule has 0 bridgehead atoms. The molecule has 0 saturated heterocycles. The molecule has 3 N–H and O–H groups in total. The number of aryl methyl sites for hydroxylation is 3. The van der Waals surface area contributed by atoms with E-state index in [0.717, 1.165) is 17.5 Å². The van der Waals surface area contributed by atoms with Crippen LogP contribution in [0.2, 0.25) is 0 Å². The quantitative estimate of drug-likeness (QED) is 0.666. The van der Waals surface area contributed by atoms with Gasteiger partial charge >= 0.3 is 0 Å². The molecule has 2 rings (SSSR count). The first-order valence-electron chi connectivity index (χ1n) is 6.33. The van der Waals surface area contributed by atoms with E-state index in [2.05, 4.69) is 10.5 Å². The van der Waals surface area contributed by atoms with Gasteiger partial charge in [-0.3, -0.25) is 16.0 Å². The number of nitrogens with two attached hydrogens (primary N) is 1. The lowest BCUT2D eigenvalue weighted by molar-refractivity contribution is 0.489. The molecule has 0 aliphatic rings. The van der Waals surface area contributed by atoms with E-state index >= 15 is 0 Å². The van der Waals surface area contributed by atoms with Gasteiger partial charge in [-0.25, -0.2) is 8.78 Å². The number of benzene rings is 1. The highest BCUT2D eigenvalue weighted by molar-refractivity contribution is 5.29. The van der Waals surface area contributed by atoms with Crippen LogP contribution in [0.3, 0.4) is 0 Å². The predicted octanol–water partition coefficient (Wildman–Crippen LogP) is 2.06. The zero-order valence-electron chi connectivity index (χ0n) is 11.7. The minimum absolute atomic E-state index is 0.352. The van der Waals surface area contributed by atoms with Crippen LogP contribution in [0.5, 0.6) is 0 Å². The van der Waals surface area contributed by atoms with E-state index in [0.29, 0.717) is 17.5 Å². The second kappa shape index (κ2) is 5.68. The summed E-state index contributed by atoms with van der Waals surface area (Å²) in [6.07, 6.45) is 0.468.